The molecule has 0 aliphatic carbocycles. The molecule has 1 heterocycles. The van der Waals surface area contributed by atoms with Gasteiger partial charge in [0.15, 0.2) is 0 Å². The number of unbranched alkanes of at least 4 members (excludes halogenated alkanes) is 3. The smallest absolute Gasteiger partial charge is 0.243 e. The molecule has 1 fully saturated rings. The van der Waals surface area contributed by atoms with Gasteiger partial charge in [0.2, 0.25) is 21.8 Å². The molecule has 1 aliphatic heterocycles. The molecule has 0 saturated carbocycles. The topological polar surface area (TPSA) is 78.0 Å². The van der Waals surface area contributed by atoms with Gasteiger partial charge in [-0.3, -0.25) is 9.59 Å². The van der Waals surface area contributed by atoms with E-state index in [9.17, 15) is 22.4 Å². The standard InChI is InChI=1S/C30H42FN3O4S/c1-3-5-6-10-16-29(35)32-20-17-27(18-21-32)34(23-25-12-11-13-26(31)22-25)30(36)24-33(19-4-2)39(37,38)28-14-8-7-9-15-28/h7-9,11-15,22,27H,3-6,10,16-21,23-24H2,1-2H3. The maximum Gasteiger partial charge on any atom is 0.243 e. The van der Waals surface area contributed by atoms with E-state index in [1.54, 1.807) is 35.2 Å². The largest absolute Gasteiger partial charge is 0.343 e. The van der Waals surface area contributed by atoms with Crippen LogP contribution in [0, 0.1) is 5.82 Å². The molecular formula is C30H42FN3O4S. The van der Waals surface area contributed by atoms with Crippen LogP contribution in [0.1, 0.15) is 70.8 Å². The van der Waals surface area contributed by atoms with Crippen molar-refractivity contribution in [2.45, 2.75) is 82.7 Å². The molecule has 1 aliphatic rings. The Bertz CT molecular complexity index is 1170. The zero-order chi connectivity index (χ0) is 28.3. The Hall–Kier alpha value is -2.78. The van der Waals surface area contributed by atoms with E-state index in [0.717, 1.165) is 25.7 Å². The minimum atomic E-state index is -3.86. The average Bonchev–Trinajstić information content (AvgIpc) is 2.94. The Morgan fingerprint density at radius 3 is 2.31 bits per heavy atom. The van der Waals surface area contributed by atoms with Gasteiger partial charge in [0.1, 0.15) is 5.82 Å². The molecule has 7 nitrogen and oxygen atoms in total. The van der Waals surface area contributed by atoms with E-state index in [2.05, 4.69) is 6.92 Å². The monoisotopic (exact) mass is 559 g/mol. The van der Waals surface area contributed by atoms with E-state index in [-0.39, 0.29) is 48.2 Å². The maximum atomic E-state index is 14.0. The molecule has 2 aromatic carbocycles. The fraction of sp³-hybridized carbons (Fsp3) is 0.533. The number of hydrogen-bond donors (Lipinski definition) is 0. The molecular weight excluding hydrogens is 517 g/mol. The van der Waals surface area contributed by atoms with Gasteiger partial charge in [0.05, 0.1) is 11.4 Å². The minimum Gasteiger partial charge on any atom is -0.343 e. The second kappa shape index (κ2) is 15.1. The van der Waals surface area contributed by atoms with Crippen molar-refractivity contribution in [2.24, 2.45) is 0 Å². The van der Waals surface area contributed by atoms with Crippen LogP contribution < -0.4 is 0 Å². The molecule has 0 unspecified atom stereocenters. The van der Waals surface area contributed by atoms with Crippen molar-refractivity contribution in [1.82, 2.24) is 14.1 Å². The van der Waals surface area contributed by atoms with Crippen LogP contribution in [-0.2, 0) is 26.2 Å². The van der Waals surface area contributed by atoms with Crippen LogP contribution in [0.2, 0.25) is 0 Å². The van der Waals surface area contributed by atoms with Crippen LogP contribution in [0.5, 0.6) is 0 Å². The first-order valence-corrected chi connectivity index (χ1v) is 15.6. The first-order valence-electron chi connectivity index (χ1n) is 14.1. The fourth-order valence-electron chi connectivity index (χ4n) is 5.06. The zero-order valence-corrected chi connectivity index (χ0v) is 24.0. The van der Waals surface area contributed by atoms with Crippen LogP contribution in [0.15, 0.2) is 59.5 Å². The number of halogens is 1. The molecule has 1 saturated heterocycles. The van der Waals surface area contributed by atoms with E-state index in [1.165, 1.54) is 28.6 Å². The third kappa shape index (κ3) is 8.86. The molecule has 0 N–H and O–H groups in total. The van der Waals surface area contributed by atoms with Crippen LogP contribution in [0.4, 0.5) is 4.39 Å². The summed E-state index contributed by atoms with van der Waals surface area (Å²) in [6.07, 6.45) is 6.48. The summed E-state index contributed by atoms with van der Waals surface area (Å²) in [7, 11) is -3.86. The Balaban J connectivity index is 1.75. The van der Waals surface area contributed by atoms with Gasteiger partial charge in [0.25, 0.3) is 0 Å². The summed E-state index contributed by atoms with van der Waals surface area (Å²) in [6.45, 7) is 5.20. The molecule has 3 rings (SSSR count). The highest BCUT2D eigenvalue weighted by molar-refractivity contribution is 7.89. The predicted molar refractivity (Wildman–Crippen MR) is 151 cm³/mol. The van der Waals surface area contributed by atoms with Gasteiger partial charge in [-0.05, 0) is 55.5 Å². The lowest BCUT2D eigenvalue weighted by Gasteiger charge is -2.39. The Morgan fingerprint density at radius 1 is 0.949 bits per heavy atom. The zero-order valence-electron chi connectivity index (χ0n) is 23.2. The summed E-state index contributed by atoms with van der Waals surface area (Å²) in [5.74, 6) is -0.560. The number of amides is 2. The summed E-state index contributed by atoms with van der Waals surface area (Å²) in [4.78, 5) is 30.2. The average molecular weight is 560 g/mol. The van der Waals surface area contributed by atoms with Crippen LogP contribution >= 0.6 is 0 Å². The SMILES string of the molecule is CCCCCCC(=O)N1CCC(N(Cc2cccc(F)c2)C(=O)CN(CCC)S(=O)(=O)c2ccccc2)CC1. The summed E-state index contributed by atoms with van der Waals surface area (Å²) < 4.78 is 41.9. The van der Waals surface area contributed by atoms with Gasteiger partial charge in [-0.25, -0.2) is 12.8 Å². The predicted octanol–water partition coefficient (Wildman–Crippen LogP) is 5.22. The lowest BCUT2D eigenvalue weighted by molar-refractivity contribution is -0.137. The number of sulfonamides is 1. The highest BCUT2D eigenvalue weighted by atomic mass is 32.2. The van der Waals surface area contributed by atoms with Crippen LogP contribution in [0.3, 0.4) is 0 Å². The van der Waals surface area contributed by atoms with Crippen molar-refractivity contribution in [3.05, 3.63) is 66.0 Å². The number of nitrogens with zero attached hydrogens (tertiary/aromatic N) is 3. The van der Waals surface area contributed by atoms with Crippen molar-refractivity contribution >= 4 is 21.8 Å². The number of piperidine rings is 1. The summed E-state index contributed by atoms with van der Waals surface area (Å²) in [5, 5.41) is 0. The lowest BCUT2D eigenvalue weighted by Crippen LogP contribution is -2.51. The second-order valence-corrected chi connectivity index (χ2v) is 12.2. The Morgan fingerprint density at radius 2 is 1.67 bits per heavy atom. The molecule has 0 radical (unpaired) electrons. The molecule has 0 atom stereocenters. The fourth-order valence-corrected chi connectivity index (χ4v) is 6.56. The maximum absolute atomic E-state index is 14.0. The number of benzene rings is 2. The van der Waals surface area contributed by atoms with Crippen molar-refractivity contribution in [1.29, 1.82) is 0 Å². The molecule has 214 valence electrons. The first kappa shape index (κ1) is 30.8. The van der Waals surface area contributed by atoms with Gasteiger partial charge in [-0.2, -0.15) is 4.31 Å². The van der Waals surface area contributed by atoms with E-state index >= 15 is 0 Å². The first-order chi connectivity index (χ1) is 18.8. The van der Waals surface area contributed by atoms with Crippen LogP contribution in [-0.4, -0.2) is 66.6 Å². The van der Waals surface area contributed by atoms with Crippen molar-refractivity contribution < 1.29 is 22.4 Å². The molecule has 0 bridgehead atoms. The molecule has 0 aromatic heterocycles. The highest BCUT2D eigenvalue weighted by Gasteiger charge is 2.33. The normalized spacial score (nSPS) is 14.5. The summed E-state index contributed by atoms with van der Waals surface area (Å²) >= 11 is 0. The third-order valence-electron chi connectivity index (χ3n) is 7.23. The Labute approximate surface area is 233 Å². The molecule has 2 amide bonds. The summed E-state index contributed by atoms with van der Waals surface area (Å²) in [5.41, 5.74) is 0.644. The number of likely N-dealkylation sites (tertiary alicyclic amines) is 1. The summed E-state index contributed by atoms with van der Waals surface area (Å²) in [6, 6.07) is 14.1. The van der Waals surface area contributed by atoms with Gasteiger partial charge < -0.3 is 9.80 Å². The molecule has 9 heteroatoms. The highest BCUT2D eigenvalue weighted by Crippen LogP contribution is 2.23. The molecule has 0 spiro atoms. The number of carbonyl (C=O) groups is 2. The van der Waals surface area contributed by atoms with Gasteiger partial charge >= 0.3 is 0 Å². The van der Waals surface area contributed by atoms with E-state index in [0.29, 0.717) is 44.3 Å². The van der Waals surface area contributed by atoms with Gasteiger partial charge in [-0.15, -0.1) is 0 Å². The van der Waals surface area contributed by atoms with E-state index < -0.39 is 10.0 Å². The number of rotatable bonds is 14. The van der Waals surface area contributed by atoms with Gasteiger partial charge in [-0.1, -0.05) is 63.4 Å². The van der Waals surface area contributed by atoms with Crippen LogP contribution in [0.25, 0.3) is 0 Å². The second-order valence-electron chi connectivity index (χ2n) is 10.2. The minimum absolute atomic E-state index is 0.147. The third-order valence-corrected chi connectivity index (χ3v) is 9.09. The lowest BCUT2D eigenvalue weighted by atomic mass is 10.0. The van der Waals surface area contributed by atoms with Gasteiger partial charge in [0, 0.05) is 38.6 Å². The quantitative estimate of drug-likeness (QED) is 0.298. The number of carbonyl (C=O) groups excluding carboxylic acids is 2. The van der Waals surface area contributed by atoms with E-state index in [1.807, 2.05) is 11.8 Å². The van der Waals surface area contributed by atoms with E-state index in [4.69, 9.17) is 0 Å². The number of hydrogen-bond acceptors (Lipinski definition) is 4. The van der Waals surface area contributed by atoms with Crippen molar-refractivity contribution in [2.75, 3.05) is 26.2 Å². The molecule has 39 heavy (non-hydrogen) atoms. The van der Waals surface area contributed by atoms with Crippen molar-refractivity contribution in [3.63, 3.8) is 0 Å². The van der Waals surface area contributed by atoms with Crippen molar-refractivity contribution in [3.8, 4) is 0 Å². The Kier molecular flexibility index (Phi) is 11.9. The molecule has 2 aromatic rings.